The van der Waals surface area contributed by atoms with Crippen LogP contribution in [0.5, 0.6) is 5.75 Å². The lowest BCUT2D eigenvalue weighted by molar-refractivity contribution is -0.139. The molecule has 152 valence electrons. The van der Waals surface area contributed by atoms with Gasteiger partial charge >= 0.3 is 12.3 Å². The Kier molecular flexibility index (Phi) is 6.52. The van der Waals surface area contributed by atoms with Gasteiger partial charge in [-0.15, -0.1) is 0 Å². The van der Waals surface area contributed by atoms with Crippen LogP contribution in [0.15, 0.2) is 30.3 Å². The monoisotopic (exact) mass is 399 g/mol. The van der Waals surface area contributed by atoms with Gasteiger partial charge in [0.05, 0.1) is 25.0 Å². The third-order valence-electron chi connectivity index (χ3n) is 4.27. The van der Waals surface area contributed by atoms with Crippen molar-refractivity contribution in [3.8, 4) is 5.75 Å². The van der Waals surface area contributed by atoms with E-state index < -0.39 is 36.8 Å². The van der Waals surface area contributed by atoms with Gasteiger partial charge in [-0.2, -0.15) is 18.2 Å². The average molecular weight is 399 g/mol. The van der Waals surface area contributed by atoms with E-state index in [1.165, 1.54) is 24.3 Å². The summed E-state index contributed by atoms with van der Waals surface area (Å²) in [5, 5.41) is 19.7. The Balaban J connectivity index is 2.45. The van der Waals surface area contributed by atoms with Crippen molar-refractivity contribution in [2.75, 3.05) is 12.2 Å². The third-order valence-corrected chi connectivity index (χ3v) is 4.27. The van der Waals surface area contributed by atoms with E-state index in [1.54, 1.807) is 13.8 Å². The highest BCUT2D eigenvalue weighted by Crippen LogP contribution is 2.38. The van der Waals surface area contributed by atoms with Gasteiger partial charge < -0.3 is 14.6 Å². The van der Waals surface area contributed by atoms with Crippen LogP contribution in [0.4, 0.5) is 23.7 Å². The SMILES string of the molecule is COC(=O)N(O)c1cccc(CO)c1COc1cc(C)c(C)cc1C(F)(F)F. The minimum Gasteiger partial charge on any atom is -0.488 e. The number of hydrogen-bond acceptors (Lipinski definition) is 5. The van der Waals surface area contributed by atoms with Gasteiger partial charge in [-0.05, 0) is 48.7 Å². The number of rotatable bonds is 5. The number of methoxy groups -OCH3 is 1. The maximum absolute atomic E-state index is 13.4. The summed E-state index contributed by atoms with van der Waals surface area (Å²) in [5.74, 6) is -0.392. The second kappa shape index (κ2) is 8.49. The molecule has 2 N–H and O–H groups in total. The summed E-state index contributed by atoms with van der Waals surface area (Å²) < 4.78 is 49.9. The van der Waals surface area contributed by atoms with E-state index in [4.69, 9.17) is 4.74 Å². The van der Waals surface area contributed by atoms with Crippen LogP contribution >= 0.6 is 0 Å². The van der Waals surface area contributed by atoms with Crippen molar-refractivity contribution in [1.29, 1.82) is 0 Å². The summed E-state index contributed by atoms with van der Waals surface area (Å²) in [6.07, 6.45) is -5.72. The van der Waals surface area contributed by atoms with Gasteiger partial charge in [0.1, 0.15) is 12.4 Å². The van der Waals surface area contributed by atoms with Crippen LogP contribution in [-0.2, 0) is 24.1 Å². The largest absolute Gasteiger partial charge is 0.488 e. The molecule has 28 heavy (non-hydrogen) atoms. The molecule has 6 nitrogen and oxygen atoms in total. The van der Waals surface area contributed by atoms with E-state index in [-0.39, 0.29) is 21.9 Å². The molecule has 0 unspecified atom stereocenters. The van der Waals surface area contributed by atoms with Crippen molar-refractivity contribution < 1.29 is 37.8 Å². The van der Waals surface area contributed by atoms with Crippen LogP contribution in [0.25, 0.3) is 0 Å². The van der Waals surface area contributed by atoms with Crippen molar-refractivity contribution in [2.45, 2.75) is 33.2 Å². The normalized spacial score (nSPS) is 11.3. The van der Waals surface area contributed by atoms with Gasteiger partial charge in [-0.3, -0.25) is 5.21 Å². The van der Waals surface area contributed by atoms with Crippen LogP contribution in [0.3, 0.4) is 0 Å². The topological polar surface area (TPSA) is 79.2 Å². The van der Waals surface area contributed by atoms with Crippen molar-refractivity contribution in [3.05, 3.63) is 58.1 Å². The maximum Gasteiger partial charge on any atom is 0.438 e. The first-order valence-electron chi connectivity index (χ1n) is 8.20. The van der Waals surface area contributed by atoms with E-state index in [0.29, 0.717) is 11.1 Å². The van der Waals surface area contributed by atoms with E-state index >= 15 is 0 Å². The van der Waals surface area contributed by atoms with E-state index in [0.717, 1.165) is 13.2 Å². The molecule has 0 saturated heterocycles. The van der Waals surface area contributed by atoms with Crippen molar-refractivity contribution in [2.24, 2.45) is 0 Å². The van der Waals surface area contributed by atoms with E-state index in [2.05, 4.69) is 4.74 Å². The standard InChI is InChI=1S/C19H20F3NO5/c1-11-7-15(19(20,21)22)17(8-12(11)2)28-10-14-13(9-24)5-4-6-16(14)23(26)18(25)27-3/h4-8,24,26H,9-10H2,1-3H3. The molecule has 2 rings (SSSR count). The lowest BCUT2D eigenvalue weighted by atomic mass is 10.0. The molecule has 1 amide bonds. The highest BCUT2D eigenvalue weighted by atomic mass is 19.4. The Morgan fingerprint density at radius 3 is 2.39 bits per heavy atom. The Labute approximate surface area is 159 Å². The molecule has 9 heteroatoms. The molecular weight excluding hydrogens is 379 g/mol. The number of benzene rings is 2. The number of nitrogens with zero attached hydrogens (tertiary/aromatic N) is 1. The first-order valence-corrected chi connectivity index (χ1v) is 8.20. The fourth-order valence-electron chi connectivity index (χ4n) is 2.60. The first-order chi connectivity index (χ1) is 13.1. The highest BCUT2D eigenvalue weighted by Gasteiger charge is 2.35. The maximum atomic E-state index is 13.4. The Morgan fingerprint density at radius 2 is 1.82 bits per heavy atom. The number of carbonyl (C=O) groups is 1. The number of alkyl halides is 3. The number of aliphatic hydroxyl groups excluding tert-OH is 1. The molecule has 0 aliphatic rings. The average Bonchev–Trinajstić information content (AvgIpc) is 2.66. The predicted octanol–water partition coefficient (Wildman–Crippen LogP) is 4.36. The molecule has 2 aromatic rings. The number of hydrogen-bond donors (Lipinski definition) is 2. The summed E-state index contributed by atoms with van der Waals surface area (Å²) in [4.78, 5) is 11.6. The minimum absolute atomic E-state index is 0.0733. The Hall–Kier alpha value is -2.78. The molecule has 0 heterocycles. The van der Waals surface area contributed by atoms with Gasteiger partial charge in [0.15, 0.2) is 0 Å². The summed E-state index contributed by atoms with van der Waals surface area (Å²) in [6, 6.07) is 6.58. The quantitative estimate of drug-likeness (QED) is 0.577. The number of hydroxylamine groups is 1. The fraction of sp³-hybridized carbons (Fsp3) is 0.316. The zero-order valence-electron chi connectivity index (χ0n) is 15.5. The van der Waals surface area contributed by atoms with Crippen LogP contribution in [0.1, 0.15) is 27.8 Å². The van der Waals surface area contributed by atoms with Crippen molar-refractivity contribution in [3.63, 3.8) is 0 Å². The van der Waals surface area contributed by atoms with Crippen LogP contribution in [0, 0.1) is 13.8 Å². The summed E-state index contributed by atoms with van der Waals surface area (Å²) in [6.45, 7) is 2.32. The van der Waals surface area contributed by atoms with Crippen LogP contribution in [0.2, 0.25) is 0 Å². The number of anilines is 1. The molecule has 0 fully saturated rings. The highest BCUT2D eigenvalue weighted by molar-refractivity contribution is 5.86. The van der Waals surface area contributed by atoms with Crippen LogP contribution in [-0.4, -0.2) is 23.5 Å². The second-order valence-electron chi connectivity index (χ2n) is 6.07. The Morgan fingerprint density at radius 1 is 1.18 bits per heavy atom. The number of amides is 1. The number of halogens is 3. The summed E-state index contributed by atoms with van der Waals surface area (Å²) in [7, 11) is 1.06. The number of aliphatic hydroxyl groups is 1. The minimum atomic E-state index is -4.62. The Bertz CT molecular complexity index is 867. The lowest BCUT2D eigenvalue weighted by Gasteiger charge is -2.21. The molecular formula is C19H20F3NO5. The van der Waals surface area contributed by atoms with Gasteiger partial charge in [0, 0.05) is 5.56 Å². The summed E-state index contributed by atoms with van der Waals surface area (Å²) >= 11 is 0. The summed E-state index contributed by atoms with van der Waals surface area (Å²) in [5.41, 5.74) is 0.478. The van der Waals surface area contributed by atoms with Gasteiger partial charge in [0.2, 0.25) is 0 Å². The zero-order valence-corrected chi connectivity index (χ0v) is 15.5. The smallest absolute Gasteiger partial charge is 0.438 e. The van der Waals surface area contributed by atoms with Gasteiger partial charge in [-0.1, -0.05) is 12.1 Å². The number of ether oxygens (including phenoxy) is 2. The number of aryl methyl sites for hydroxylation is 2. The van der Waals surface area contributed by atoms with Crippen LogP contribution < -0.4 is 9.80 Å². The molecule has 0 aliphatic carbocycles. The molecule has 0 spiro atoms. The first kappa shape index (κ1) is 21.5. The molecule has 0 aliphatic heterocycles. The van der Waals surface area contributed by atoms with E-state index in [9.17, 15) is 28.3 Å². The van der Waals surface area contributed by atoms with Crippen molar-refractivity contribution in [1.82, 2.24) is 0 Å². The van der Waals surface area contributed by atoms with Gasteiger partial charge in [0.25, 0.3) is 0 Å². The molecule has 0 radical (unpaired) electrons. The fourth-order valence-corrected chi connectivity index (χ4v) is 2.60. The zero-order chi connectivity index (χ0) is 21.1. The van der Waals surface area contributed by atoms with Crippen molar-refractivity contribution >= 4 is 11.8 Å². The number of carbonyl (C=O) groups excluding carboxylic acids is 1. The molecule has 0 aromatic heterocycles. The predicted molar refractivity (Wildman–Crippen MR) is 94.3 cm³/mol. The molecule has 0 saturated carbocycles. The lowest BCUT2D eigenvalue weighted by Crippen LogP contribution is -2.28. The second-order valence-corrected chi connectivity index (χ2v) is 6.07. The molecule has 2 aromatic carbocycles. The molecule has 0 atom stereocenters. The van der Waals surface area contributed by atoms with Gasteiger partial charge in [-0.25, -0.2) is 4.79 Å². The molecule has 0 bridgehead atoms. The third kappa shape index (κ3) is 4.55. The van der Waals surface area contributed by atoms with E-state index in [1.807, 2.05) is 0 Å².